The van der Waals surface area contributed by atoms with Crippen LogP contribution in [0.2, 0.25) is 0 Å². The predicted octanol–water partition coefficient (Wildman–Crippen LogP) is 3.42. The molecule has 3 nitrogen and oxygen atoms in total. The van der Waals surface area contributed by atoms with Gasteiger partial charge in [-0.3, -0.25) is 4.79 Å². The first kappa shape index (κ1) is 15.3. The van der Waals surface area contributed by atoms with Crippen molar-refractivity contribution in [2.45, 2.75) is 18.1 Å². The van der Waals surface area contributed by atoms with Crippen LogP contribution in [0, 0.1) is 0 Å². The third kappa shape index (κ3) is 2.30. The summed E-state index contributed by atoms with van der Waals surface area (Å²) in [6.45, 7) is 7.68. The fourth-order valence-corrected chi connectivity index (χ4v) is 3.22. The van der Waals surface area contributed by atoms with Crippen molar-refractivity contribution >= 4 is 11.6 Å². The van der Waals surface area contributed by atoms with Crippen molar-refractivity contribution in [1.29, 1.82) is 0 Å². The van der Waals surface area contributed by atoms with Crippen LogP contribution in [0.5, 0.6) is 0 Å². The quantitative estimate of drug-likeness (QED) is 0.694. The summed E-state index contributed by atoms with van der Waals surface area (Å²) < 4.78 is 0. The van der Waals surface area contributed by atoms with Gasteiger partial charge in [-0.15, -0.1) is 6.58 Å². The second-order valence-electron chi connectivity index (χ2n) is 5.66. The molecule has 1 amide bonds. The number of carbonyl (C=O) groups is 1. The van der Waals surface area contributed by atoms with Crippen LogP contribution < -0.4 is 4.90 Å². The number of hydrogen-bond acceptors (Lipinski definition) is 2. The molecule has 1 aliphatic heterocycles. The van der Waals surface area contributed by atoms with E-state index >= 15 is 0 Å². The molecule has 0 aliphatic carbocycles. The van der Waals surface area contributed by atoms with Gasteiger partial charge in [0.2, 0.25) is 0 Å². The molecule has 116 valence electrons. The van der Waals surface area contributed by atoms with E-state index in [0.29, 0.717) is 12.0 Å². The Labute approximate surface area is 136 Å². The first-order valence-corrected chi connectivity index (χ1v) is 7.57. The molecule has 0 spiro atoms. The van der Waals surface area contributed by atoms with Gasteiger partial charge in [0.25, 0.3) is 5.91 Å². The minimum Gasteiger partial charge on any atom is -0.378 e. The van der Waals surface area contributed by atoms with Gasteiger partial charge in [-0.05, 0) is 24.1 Å². The van der Waals surface area contributed by atoms with Crippen LogP contribution in [0.1, 0.15) is 12.0 Å². The van der Waals surface area contributed by atoms with Crippen LogP contribution in [0.25, 0.3) is 0 Å². The first-order valence-electron chi connectivity index (χ1n) is 7.57. The molecular weight excluding hydrogens is 286 g/mol. The van der Waals surface area contributed by atoms with E-state index in [1.807, 2.05) is 60.7 Å². The molecule has 2 atom stereocenters. The van der Waals surface area contributed by atoms with Gasteiger partial charge in [-0.25, -0.2) is 0 Å². The standard InChI is InChI=1S/C20H19NO2/c1-3-10-18-20(23,16-11-6-4-7-12-16)15(2)19(22)21(18)17-13-8-5-9-14-17/h3-9,11-14,18,23H,1-2,10H2/t18-,20+/m1/s1. The topological polar surface area (TPSA) is 40.5 Å². The maximum absolute atomic E-state index is 12.8. The zero-order valence-corrected chi connectivity index (χ0v) is 12.9. The molecule has 3 heteroatoms. The van der Waals surface area contributed by atoms with Crippen LogP contribution in [0.15, 0.2) is 85.5 Å². The van der Waals surface area contributed by atoms with Crippen LogP contribution in [0.4, 0.5) is 5.69 Å². The molecular formula is C20H19NO2. The summed E-state index contributed by atoms with van der Waals surface area (Å²) in [7, 11) is 0. The van der Waals surface area contributed by atoms with Crippen LogP contribution in [0.3, 0.4) is 0 Å². The lowest BCUT2D eigenvalue weighted by molar-refractivity contribution is -0.114. The van der Waals surface area contributed by atoms with Gasteiger partial charge < -0.3 is 10.0 Å². The lowest BCUT2D eigenvalue weighted by atomic mass is 9.82. The SMILES string of the molecule is C=CC[C@H]1N(c2ccccc2)C(=O)C(=C)[C@]1(O)c1ccccc1. The van der Waals surface area contributed by atoms with E-state index < -0.39 is 11.6 Å². The molecule has 0 radical (unpaired) electrons. The Kier molecular flexibility index (Phi) is 3.89. The molecule has 1 N–H and O–H groups in total. The molecule has 0 aromatic heterocycles. The van der Waals surface area contributed by atoms with E-state index in [9.17, 15) is 9.90 Å². The van der Waals surface area contributed by atoms with Crippen LogP contribution in [-0.2, 0) is 10.4 Å². The Morgan fingerprint density at radius 1 is 1.09 bits per heavy atom. The van der Waals surface area contributed by atoms with Crippen LogP contribution >= 0.6 is 0 Å². The third-order valence-electron chi connectivity index (χ3n) is 4.37. The highest BCUT2D eigenvalue weighted by molar-refractivity contribution is 6.10. The van der Waals surface area contributed by atoms with E-state index in [0.717, 1.165) is 5.69 Å². The fourth-order valence-electron chi connectivity index (χ4n) is 3.22. The first-order chi connectivity index (χ1) is 11.1. The number of nitrogens with zero attached hydrogens (tertiary/aromatic N) is 1. The second-order valence-corrected chi connectivity index (χ2v) is 5.66. The summed E-state index contributed by atoms with van der Waals surface area (Å²) in [5.41, 5.74) is 0.183. The van der Waals surface area contributed by atoms with E-state index in [2.05, 4.69) is 13.2 Å². The smallest absolute Gasteiger partial charge is 0.257 e. The Balaban J connectivity index is 2.15. The van der Waals surface area contributed by atoms with Gasteiger partial charge in [0, 0.05) is 11.3 Å². The third-order valence-corrected chi connectivity index (χ3v) is 4.37. The Morgan fingerprint density at radius 3 is 2.22 bits per heavy atom. The normalized spacial score (nSPS) is 24.0. The average molecular weight is 305 g/mol. The van der Waals surface area contributed by atoms with E-state index in [-0.39, 0.29) is 11.5 Å². The molecule has 0 saturated carbocycles. The summed E-state index contributed by atoms with van der Waals surface area (Å²) in [4.78, 5) is 14.4. The zero-order chi connectivity index (χ0) is 16.4. The second kappa shape index (κ2) is 5.86. The van der Waals surface area contributed by atoms with Crippen molar-refractivity contribution in [2.75, 3.05) is 4.90 Å². The molecule has 1 heterocycles. The van der Waals surface area contributed by atoms with Crippen molar-refractivity contribution in [1.82, 2.24) is 0 Å². The molecule has 2 aromatic carbocycles. The van der Waals surface area contributed by atoms with Crippen molar-refractivity contribution in [3.8, 4) is 0 Å². The van der Waals surface area contributed by atoms with Gasteiger partial charge >= 0.3 is 0 Å². The maximum atomic E-state index is 12.8. The summed E-state index contributed by atoms with van der Waals surface area (Å²) in [5.74, 6) is -0.255. The van der Waals surface area contributed by atoms with E-state index in [1.54, 1.807) is 11.0 Å². The van der Waals surface area contributed by atoms with Crippen molar-refractivity contribution in [3.63, 3.8) is 0 Å². The molecule has 3 rings (SSSR count). The van der Waals surface area contributed by atoms with Gasteiger partial charge in [-0.2, -0.15) is 0 Å². The highest BCUT2D eigenvalue weighted by Gasteiger charge is 2.54. The number of amides is 1. The average Bonchev–Trinajstić information content (AvgIpc) is 2.79. The summed E-state index contributed by atoms with van der Waals surface area (Å²) >= 11 is 0. The molecule has 1 fully saturated rings. The van der Waals surface area contributed by atoms with Crippen molar-refractivity contribution in [3.05, 3.63) is 91.0 Å². The minimum atomic E-state index is -1.43. The number of benzene rings is 2. The number of anilines is 1. The predicted molar refractivity (Wildman–Crippen MR) is 92.0 cm³/mol. The molecule has 23 heavy (non-hydrogen) atoms. The fraction of sp³-hybridized carbons (Fsp3) is 0.150. The molecule has 1 saturated heterocycles. The molecule has 1 aliphatic rings. The molecule has 0 unspecified atom stereocenters. The number of aliphatic hydroxyl groups is 1. The molecule has 0 bridgehead atoms. The number of rotatable bonds is 4. The lowest BCUT2D eigenvalue weighted by Gasteiger charge is -2.33. The van der Waals surface area contributed by atoms with Crippen molar-refractivity contribution in [2.24, 2.45) is 0 Å². The van der Waals surface area contributed by atoms with Gasteiger partial charge in [0.1, 0.15) is 5.60 Å². The summed E-state index contributed by atoms with van der Waals surface area (Å²) in [6.07, 6.45) is 2.19. The maximum Gasteiger partial charge on any atom is 0.257 e. The van der Waals surface area contributed by atoms with Gasteiger partial charge in [0.15, 0.2) is 0 Å². The number of carbonyl (C=O) groups excluding carboxylic acids is 1. The largest absolute Gasteiger partial charge is 0.378 e. The summed E-state index contributed by atoms with van der Waals surface area (Å²) in [6, 6.07) is 18.1. The molecule has 2 aromatic rings. The minimum absolute atomic E-state index is 0.194. The van der Waals surface area contributed by atoms with Crippen molar-refractivity contribution < 1.29 is 9.90 Å². The van der Waals surface area contributed by atoms with E-state index in [1.165, 1.54) is 0 Å². The number of para-hydroxylation sites is 1. The Bertz CT molecular complexity index is 739. The zero-order valence-electron chi connectivity index (χ0n) is 12.9. The monoisotopic (exact) mass is 305 g/mol. The number of hydrogen-bond donors (Lipinski definition) is 1. The Morgan fingerprint density at radius 2 is 1.65 bits per heavy atom. The van der Waals surface area contributed by atoms with Gasteiger partial charge in [-0.1, -0.05) is 61.2 Å². The van der Waals surface area contributed by atoms with Gasteiger partial charge in [0.05, 0.1) is 6.04 Å². The Hall–Kier alpha value is -2.65. The highest BCUT2D eigenvalue weighted by atomic mass is 16.3. The van der Waals surface area contributed by atoms with E-state index in [4.69, 9.17) is 0 Å². The van der Waals surface area contributed by atoms with Crippen LogP contribution in [-0.4, -0.2) is 17.1 Å². The lowest BCUT2D eigenvalue weighted by Crippen LogP contribution is -2.43. The highest BCUT2D eigenvalue weighted by Crippen LogP contribution is 2.45. The summed E-state index contributed by atoms with van der Waals surface area (Å²) in [5, 5.41) is 11.4.